The van der Waals surface area contributed by atoms with Crippen LogP contribution in [-0.2, 0) is 14.3 Å². The molecule has 0 atom stereocenters. The summed E-state index contributed by atoms with van der Waals surface area (Å²) in [6.07, 6.45) is 4.17. The van der Waals surface area contributed by atoms with Gasteiger partial charge in [0.05, 0.1) is 36.8 Å². The molecule has 11 heteroatoms. The molecule has 2 aromatic heterocycles. The summed E-state index contributed by atoms with van der Waals surface area (Å²) in [4.78, 5) is 35.1. The van der Waals surface area contributed by atoms with E-state index in [4.69, 9.17) is 21.7 Å². The fraction of sp³-hybridized carbons (Fsp3) is 0.455. The zero-order valence-corrected chi connectivity index (χ0v) is 20.1. The Labute approximate surface area is 201 Å². The number of pyridine rings is 1. The Hall–Kier alpha value is -2.31. The Bertz CT molecular complexity index is 1110. The summed E-state index contributed by atoms with van der Waals surface area (Å²) in [5.41, 5.74) is 0.652. The number of fused-ring (bicyclic) bond motifs is 1. The average molecular weight is 490 g/mol. The minimum absolute atomic E-state index is 0.224. The van der Waals surface area contributed by atoms with E-state index < -0.39 is 0 Å². The number of amides is 1. The number of anilines is 1. The lowest BCUT2D eigenvalue weighted by atomic mass is 10.2. The van der Waals surface area contributed by atoms with E-state index in [1.54, 1.807) is 31.5 Å². The van der Waals surface area contributed by atoms with E-state index in [-0.39, 0.29) is 11.5 Å². The highest BCUT2D eigenvalue weighted by Crippen LogP contribution is 2.32. The average Bonchev–Trinajstić information content (AvgIpc) is 3.10. The van der Waals surface area contributed by atoms with Crippen molar-refractivity contribution in [3.05, 3.63) is 45.2 Å². The summed E-state index contributed by atoms with van der Waals surface area (Å²) in [6, 6.07) is 5.40. The molecule has 1 N–H and O–H groups in total. The molecule has 33 heavy (non-hydrogen) atoms. The molecule has 0 aromatic carbocycles. The molecule has 2 aromatic rings. The van der Waals surface area contributed by atoms with Crippen LogP contribution in [0.3, 0.4) is 0 Å². The lowest BCUT2D eigenvalue weighted by Crippen LogP contribution is -2.37. The highest BCUT2D eigenvalue weighted by Gasteiger charge is 2.32. The van der Waals surface area contributed by atoms with Crippen LogP contribution in [0.5, 0.6) is 0 Å². The van der Waals surface area contributed by atoms with E-state index >= 15 is 0 Å². The molecule has 1 amide bonds. The van der Waals surface area contributed by atoms with E-state index in [0.717, 1.165) is 39.3 Å². The lowest BCUT2D eigenvalue weighted by molar-refractivity contribution is -0.122. The standard InChI is InChI=1S/C22H27N5O4S2/c1-30-12-11-27-21(29)17(33-22(27)32)15-16-19(23-6-4-7-25-9-13-31-14-10-25)24-18-5-2-3-8-26(18)20(16)28/h2-3,5,8,15,23H,4,6-7,9-14H2,1H3. The Morgan fingerprint density at radius 3 is 2.88 bits per heavy atom. The fourth-order valence-electron chi connectivity index (χ4n) is 3.71. The second-order valence-corrected chi connectivity index (χ2v) is 9.34. The van der Waals surface area contributed by atoms with Crippen molar-refractivity contribution < 1.29 is 14.3 Å². The number of thioether (sulfide) groups is 1. The van der Waals surface area contributed by atoms with E-state index in [9.17, 15) is 9.59 Å². The maximum atomic E-state index is 13.3. The van der Waals surface area contributed by atoms with Gasteiger partial charge in [-0.15, -0.1) is 0 Å². The van der Waals surface area contributed by atoms with Crippen molar-refractivity contribution >= 4 is 51.7 Å². The van der Waals surface area contributed by atoms with Crippen LogP contribution in [0.25, 0.3) is 11.7 Å². The van der Waals surface area contributed by atoms with Crippen molar-refractivity contribution in [1.82, 2.24) is 19.2 Å². The number of nitrogens with one attached hydrogen (secondary N) is 1. The molecule has 4 rings (SSSR count). The summed E-state index contributed by atoms with van der Waals surface area (Å²) in [5, 5.41) is 3.32. The van der Waals surface area contributed by atoms with Crippen molar-refractivity contribution in [3.8, 4) is 0 Å². The summed E-state index contributed by atoms with van der Waals surface area (Å²) >= 11 is 6.55. The highest BCUT2D eigenvalue weighted by atomic mass is 32.2. The molecule has 0 spiro atoms. The first-order chi connectivity index (χ1) is 16.1. The first-order valence-corrected chi connectivity index (χ1v) is 12.1. The third kappa shape index (κ3) is 5.61. The van der Waals surface area contributed by atoms with Crippen LogP contribution in [0, 0.1) is 0 Å². The van der Waals surface area contributed by atoms with Crippen molar-refractivity contribution in [2.24, 2.45) is 0 Å². The molecular formula is C22H27N5O4S2. The number of morpholine rings is 1. The molecular weight excluding hydrogens is 462 g/mol. The van der Waals surface area contributed by atoms with Gasteiger partial charge < -0.3 is 14.8 Å². The van der Waals surface area contributed by atoms with Crippen molar-refractivity contribution in [2.45, 2.75) is 6.42 Å². The topological polar surface area (TPSA) is 88.4 Å². The maximum absolute atomic E-state index is 13.3. The van der Waals surface area contributed by atoms with Gasteiger partial charge in [-0.3, -0.25) is 23.8 Å². The summed E-state index contributed by atoms with van der Waals surface area (Å²) < 4.78 is 12.4. The SMILES string of the molecule is COCCN1C(=O)C(=Cc2c(NCCCN3CCOCC3)nc3ccccn3c2=O)SC1=S. The highest BCUT2D eigenvalue weighted by molar-refractivity contribution is 8.26. The Balaban J connectivity index is 1.57. The van der Waals surface area contributed by atoms with Crippen LogP contribution >= 0.6 is 24.0 Å². The summed E-state index contributed by atoms with van der Waals surface area (Å²) in [7, 11) is 1.58. The van der Waals surface area contributed by atoms with Gasteiger partial charge in [-0.1, -0.05) is 30.0 Å². The number of methoxy groups -OCH3 is 1. The quantitative estimate of drug-likeness (QED) is 0.321. The third-order valence-electron chi connectivity index (χ3n) is 5.48. The van der Waals surface area contributed by atoms with Gasteiger partial charge in [0.1, 0.15) is 15.8 Å². The van der Waals surface area contributed by atoms with E-state index in [1.807, 2.05) is 6.07 Å². The first-order valence-electron chi connectivity index (χ1n) is 10.9. The van der Waals surface area contributed by atoms with Gasteiger partial charge in [-0.25, -0.2) is 4.98 Å². The first kappa shape index (κ1) is 23.8. The van der Waals surface area contributed by atoms with E-state index in [2.05, 4.69) is 15.2 Å². The van der Waals surface area contributed by atoms with Crippen molar-refractivity contribution in [3.63, 3.8) is 0 Å². The molecule has 2 fully saturated rings. The molecule has 0 unspecified atom stereocenters. The van der Waals surface area contributed by atoms with Crippen molar-refractivity contribution in [2.75, 3.05) is 65.0 Å². The Morgan fingerprint density at radius 1 is 1.27 bits per heavy atom. The number of hydrogen-bond donors (Lipinski definition) is 1. The van der Waals surface area contributed by atoms with Crippen LogP contribution in [0.2, 0.25) is 0 Å². The van der Waals surface area contributed by atoms with Crippen LogP contribution in [-0.4, -0.2) is 89.1 Å². The van der Waals surface area contributed by atoms with Gasteiger partial charge in [-0.05, 0) is 31.2 Å². The molecule has 4 heterocycles. The normalized spacial score (nSPS) is 18.6. The number of thiocarbonyl (C=S) groups is 1. The zero-order chi connectivity index (χ0) is 23.2. The Morgan fingerprint density at radius 2 is 2.09 bits per heavy atom. The number of carbonyl (C=O) groups excluding carboxylic acids is 1. The van der Waals surface area contributed by atoms with E-state index in [0.29, 0.717) is 46.0 Å². The lowest BCUT2D eigenvalue weighted by Gasteiger charge is -2.26. The Kier molecular flexibility index (Phi) is 8.10. The largest absolute Gasteiger partial charge is 0.383 e. The van der Waals surface area contributed by atoms with Gasteiger partial charge in [0, 0.05) is 32.9 Å². The van der Waals surface area contributed by atoms with Gasteiger partial charge in [0.25, 0.3) is 11.5 Å². The maximum Gasteiger partial charge on any atom is 0.267 e. The summed E-state index contributed by atoms with van der Waals surface area (Å²) in [5.74, 6) is 0.244. The second-order valence-electron chi connectivity index (χ2n) is 7.67. The number of carbonyl (C=O) groups is 1. The van der Waals surface area contributed by atoms with Crippen LogP contribution < -0.4 is 10.9 Å². The molecule has 0 aliphatic carbocycles. The van der Waals surface area contributed by atoms with Crippen LogP contribution in [0.1, 0.15) is 12.0 Å². The molecule has 0 radical (unpaired) electrons. The second kappa shape index (κ2) is 11.2. The molecule has 0 bridgehead atoms. The van der Waals surface area contributed by atoms with E-state index in [1.165, 1.54) is 21.1 Å². The van der Waals surface area contributed by atoms with Gasteiger partial charge in [0.2, 0.25) is 0 Å². The van der Waals surface area contributed by atoms with Gasteiger partial charge in [0.15, 0.2) is 0 Å². The van der Waals surface area contributed by atoms with Crippen LogP contribution in [0.4, 0.5) is 5.82 Å². The number of nitrogens with zero attached hydrogens (tertiary/aromatic N) is 4. The van der Waals surface area contributed by atoms with Gasteiger partial charge >= 0.3 is 0 Å². The molecule has 9 nitrogen and oxygen atoms in total. The number of ether oxygens (including phenoxy) is 2. The zero-order valence-electron chi connectivity index (χ0n) is 18.5. The predicted molar refractivity (Wildman–Crippen MR) is 134 cm³/mol. The molecule has 176 valence electrons. The third-order valence-corrected chi connectivity index (χ3v) is 6.86. The minimum Gasteiger partial charge on any atom is -0.383 e. The molecule has 2 saturated heterocycles. The molecule has 2 aliphatic rings. The number of rotatable bonds is 9. The fourth-order valence-corrected chi connectivity index (χ4v) is 5.00. The smallest absolute Gasteiger partial charge is 0.267 e. The van der Waals surface area contributed by atoms with Crippen LogP contribution in [0.15, 0.2) is 34.1 Å². The number of hydrogen-bond acceptors (Lipinski definition) is 9. The number of aromatic nitrogens is 2. The monoisotopic (exact) mass is 489 g/mol. The van der Waals surface area contributed by atoms with Gasteiger partial charge in [-0.2, -0.15) is 0 Å². The predicted octanol–water partition coefficient (Wildman–Crippen LogP) is 1.68. The molecule has 0 saturated carbocycles. The minimum atomic E-state index is -0.238. The van der Waals surface area contributed by atoms with Crippen molar-refractivity contribution in [1.29, 1.82) is 0 Å². The summed E-state index contributed by atoms with van der Waals surface area (Å²) in [6.45, 7) is 5.76. The molecule has 2 aliphatic heterocycles.